The minimum absolute atomic E-state index is 0.0130. The summed E-state index contributed by atoms with van der Waals surface area (Å²) in [6.07, 6.45) is 0.784. The Labute approximate surface area is 179 Å². The third-order valence-electron chi connectivity index (χ3n) is 4.29. The van der Waals surface area contributed by atoms with Gasteiger partial charge in [0, 0.05) is 16.8 Å². The minimum Gasteiger partial charge on any atom is -0.384 e. The number of hydrogen-bond donors (Lipinski definition) is 3. The summed E-state index contributed by atoms with van der Waals surface area (Å²) in [5, 5.41) is 10.2. The Kier molecular flexibility index (Phi) is 6.17. The first kappa shape index (κ1) is 21.7. The normalized spacial score (nSPS) is 10.9. The maximum atomic E-state index is 12.9. The summed E-state index contributed by atoms with van der Waals surface area (Å²) < 4.78 is 27.3. The van der Waals surface area contributed by atoms with Crippen molar-refractivity contribution in [2.24, 2.45) is 5.73 Å². The van der Waals surface area contributed by atoms with Crippen molar-refractivity contribution in [1.29, 1.82) is 5.41 Å². The van der Waals surface area contributed by atoms with Gasteiger partial charge in [-0.3, -0.25) is 10.2 Å². The lowest BCUT2D eigenvalue weighted by Crippen LogP contribution is -2.15. The second kappa shape index (κ2) is 8.80. The van der Waals surface area contributed by atoms with Crippen molar-refractivity contribution in [2.45, 2.75) is 0 Å². The predicted molar refractivity (Wildman–Crippen MR) is 118 cm³/mol. The second-order valence-corrected chi connectivity index (χ2v) is 8.19. The Morgan fingerprint density at radius 3 is 1.94 bits per heavy atom. The third-order valence-corrected chi connectivity index (χ3v) is 4.74. The Morgan fingerprint density at radius 2 is 1.39 bits per heavy atom. The fourth-order valence-corrected chi connectivity index (χ4v) is 3.29. The molecule has 3 rings (SSSR count). The van der Waals surface area contributed by atoms with Crippen LogP contribution >= 0.6 is 0 Å². The van der Waals surface area contributed by atoms with Crippen molar-refractivity contribution in [3.8, 4) is 11.1 Å². The molecule has 0 fully saturated rings. The van der Waals surface area contributed by atoms with E-state index in [4.69, 9.17) is 11.1 Å². The first-order valence-electron chi connectivity index (χ1n) is 9.04. The van der Waals surface area contributed by atoms with Crippen LogP contribution in [0.25, 0.3) is 11.1 Å². The van der Waals surface area contributed by atoms with Gasteiger partial charge in [0.05, 0.1) is 11.8 Å². The summed E-state index contributed by atoms with van der Waals surface area (Å²) >= 11 is 0. The van der Waals surface area contributed by atoms with Crippen LogP contribution in [0, 0.1) is 5.41 Å². The largest absolute Gasteiger partial charge is 0.384 e. The lowest BCUT2D eigenvalue weighted by molar-refractivity contribution is 0.0748. The molecular formula is C22H19N3O5S. The first-order chi connectivity index (χ1) is 14.7. The molecule has 0 aliphatic heterocycles. The van der Waals surface area contributed by atoms with Gasteiger partial charge in [0.15, 0.2) is 0 Å². The highest BCUT2D eigenvalue weighted by molar-refractivity contribution is 7.86. The summed E-state index contributed by atoms with van der Waals surface area (Å²) in [6, 6.07) is 19.4. The summed E-state index contributed by atoms with van der Waals surface area (Å²) in [6.45, 7) is 0. The van der Waals surface area contributed by atoms with E-state index in [0.717, 1.165) is 6.26 Å². The molecule has 0 heterocycles. The molecule has 8 nitrogen and oxygen atoms in total. The standard InChI is InChI=1S/C22H19N3O5S/c1-31(28,29)30-22(27)19-9-5-3-7-17(19)16-6-2-4-8-18(16)21(26)25-15-12-10-14(11-13-15)20(23)24/h2-13H,1H3,(H3,23,24)(H,25,26). The van der Waals surface area contributed by atoms with Crippen LogP contribution in [0.2, 0.25) is 0 Å². The lowest BCUT2D eigenvalue weighted by Gasteiger charge is -2.13. The van der Waals surface area contributed by atoms with Gasteiger partial charge in [0.25, 0.3) is 5.91 Å². The molecule has 4 N–H and O–H groups in total. The first-order valence-corrected chi connectivity index (χ1v) is 10.9. The van der Waals surface area contributed by atoms with Crippen molar-refractivity contribution in [2.75, 3.05) is 11.6 Å². The number of amides is 1. The monoisotopic (exact) mass is 437 g/mol. The molecule has 0 saturated carbocycles. The van der Waals surface area contributed by atoms with Gasteiger partial charge < -0.3 is 15.2 Å². The van der Waals surface area contributed by atoms with Gasteiger partial charge >= 0.3 is 16.1 Å². The smallest absolute Gasteiger partial charge is 0.354 e. The van der Waals surface area contributed by atoms with E-state index >= 15 is 0 Å². The molecule has 0 unspecified atom stereocenters. The number of rotatable bonds is 6. The fourth-order valence-electron chi connectivity index (χ4n) is 2.93. The number of amidine groups is 1. The van der Waals surface area contributed by atoms with Gasteiger partial charge in [-0.05, 0) is 47.5 Å². The van der Waals surface area contributed by atoms with Crippen molar-refractivity contribution >= 4 is 33.5 Å². The van der Waals surface area contributed by atoms with Crippen molar-refractivity contribution in [3.05, 3.63) is 89.5 Å². The van der Waals surface area contributed by atoms with Crippen molar-refractivity contribution < 1.29 is 22.2 Å². The number of hydrogen-bond acceptors (Lipinski definition) is 6. The molecule has 0 radical (unpaired) electrons. The summed E-state index contributed by atoms with van der Waals surface area (Å²) in [7, 11) is -4.00. The molecular weight excluding hydrogens is 418 g/mol. The highest BCUT2D eigenvalue weighted by atomic mass is 32.2. The topological polar surface area (TPSA) is 139 Å². The Balaban J connectivity index is 1.97. The summed E-state index contributed by atoms with van der Waals surface area (Å²) in [5.41, 5.74) is 7.53. The van der Waals surface area contributed by atoms with E-state index in [9.17, 15) is 18.0 Å². The SMILES string of the molecule is CS(=O)(=O)OC(=O)c1ccccc1-c1ccccc1C(=O)Nc1ccc(C(=N)N)cc1. The molecule has 0 aliphatic rings. The van der Waals surface area contributed by atoms with Gasteiger partial charge in [0.1, 0.15) is 5.84 Å². The number of benzene rings is 3. The number of nitrogen functional groups attached to an aromatic ring is 1. The predicted octanol–water partition coefficient (Wildman–Crippen LogP) is 3.01. The number of nitrogens with two attached hydrogens (primary N) is 1. The highest BCUT2D eigenvalue weighted by Gasteiger charge is 2.21. The molecule has 3 aromatic rings. The minimum atomic E-state index is -4.00. The number of carbonyl (C=O) groups excluding carboxylic acids is 2. The molecule has 0 bridgehead atoms. The lowest BCUT2D eigenvalue weighted by atomic mass is 9.95. The number of anilines is 1. The Morgan fingerprint density at radius 1 is 0.871 bits per heavy atom. The molecule has 0 saturated heterocycles. The molecule has 31 heavy (non-hydrogen) atoms. The highest BCUT2D eigenvalue weighted by Crippen LogP contribution is 2.28. The molecule has 9 heteroatoms. The molecule has 0 aromatic heterocycles. The maximum absolute atomic E-state index is 12.9. The second-order valence-electron chi connectivity index (χ2n) is 6.61. The summed E-state index contributed by atoms with van der Waals surface area (Å²) in [5.74, 6) is -1.55. The molecule has 1 amide bonds. The zero-order valence-corrected chi connectivity index (χ0v) is 17.3. The quantitative estimate of drug-likeness (QED) is 0.308. The average molecular weight is 437 g/mol. The molecule has 0 atom stereocenters. The van der Waals surface area contributed by atoms with E-state index in [0.29, 0.717) is 22.4 Å². The van der Waals surface area contributed by atoms with E-state index < -0.39 is 22.0 Å². The van der Waals surface area contributed by atoms with Crippen LogP contribution in [0.1, 0.15) is 26.3 Å². The van der Waals surface area contributed by atoms with Gasteiger partial charge in [0.2, 0.25) is 0 Å². The third kappa shape index (κ3) is 5.34. The van der Waals surface area contributed by atoms with Gasteiger partial charge in [-0.25, -0.2) is 4.79 Å². The molecule has 0 aliphatic carbocycles. The number of carbonyl (C=O) groups is 2. The van der Waals surface area contributed by atoms with Crippen LogP contribution in [-0.2, 0) is 14.3 Å². The zero-order chi connectivity index (χ0) is 22.6. The van der Waals surface area contributed by atoms with E-state index in [-0.39, 0.29) is 17.0 Å². The van der Waals surface area contributed by atoms with Gasteiger partial charge in [-0.2, -0.15) is 8.42 Å². The van der Waals surface area contributed by atoms with Crippen LogP contribution in [-0.4, -0.2) is 32.4 Å². The molecule has 158 valence electrons. The van der Waals surface area contributed by atoms with Crippen LogP contribution in [0.4, 0.5) is 5.69 Å². The molecule has 0 spiro atoms. The van der Waals surface area contributed by atoms with Crippen LogP contribution in [0.15, 0.2) is 72.8 Å². The van der Waals surface area contributed by atoms with E-state index in [1.165, 1.54) is 6.07 Å². The van der Waals surface area contributed by atoms with Crippen LogP contribution in [0.3, 0.4) is 0 Å². The zero-order valence-electron chi connectivity index (χ0n) is 16.5. The molecule has 3 aromatic carbocycles. The Hall–Kier alpha value is -3.98. The van der Waals surface area contributed by atoms with Crippen LogP contribution in [0.5, 0.6) is 0 Å². The van der Waals surface area contributed by atoms with Gasteiger partial charge in [-0.15, -0.1) is 0 Å². The van der Waals surface area contributed by atoms with E-state index in [2.05, 4.69) is 9.50 Å². The summed E-state index contributed by atoms with van der Waals surface area (Å²) in [4.78, 5) is 25.3. The maximum Gasteiger partial charge on any atom is 0.354 e. The van der Waals surface area contributed by atoms with E-state index in [1.807, 2.05) is 0 Å². The van der Waals surface area contributed by atoms with Crippen molar-refractivity contribution in [3.63, 3.8) is 0 Å². The van der Waals surface area contributed by atoms with E-state index in [1.54, 1.807) is 66.7 Å². The average Bonchev–Trinajstić information content (AvgIpc) is 2.73. The van der Waals surface area contributed by atoms with Crippen LogP contribution < -0.4 is 11.1 Å². The number of nitrogens with one attached hydrogen (secondary N) is 2. The van der Waals surface area contributed by atoms with Crippen molar-refractivity contribution in [1.82, 2.24) is 0 Å². The Bertz CT molecular complexity index is 1270. The fraction of sp³-hybridized carbons (Fsp3) is 0.0455. The van der Waals surface area contributed by atoms with Gasteiger partial charge in [-0.1, -0.05) is 36.4 Å².